The maximum Gasteiger partial charge on any atom is 0.231 e. The SMILES string of the molecule is CC1(C)CC1(C(=O)NCc1ccc2nc[nH]c2c1)c1ccccc1. The molecule has 4 heteroatoms. The first-order chi connectivity index (χ1) is 11.5. The van der Waals surface area contributed by atoms with Crippen molar-refractivity contribution in [1.82, 2.24) is 15.3 Å². The molecular weight excluding hydrogens is 298 g/mol. The third kappa shape index (κ3) is 2.21. The van der Waals surface area contributed by atoms with Gasteiger partial charge in [-0.05, 0) is 35.1 Å². The van der Waals surface area contributed by atoms with Crippen molar-refractivity contribution in [3.8, 4) is 0 Å². The van der Waals surface area contributed by atoms with E-state index in [1.165, 1.54) is 0 Å². The number of hydrogen-bond donors (Lipinski definition) is 2. The Morgan fingerprint density at radius 3 is 2.67 bits per heavy atom. The van der Waals surface area contributed by atoms with Crippen LogP contribution in [0.25, 0.3) is 11.0 Å². The molecule has 1 atom stereocenters. The van der Waals surface area contributed by atoms with Crippen LogP contribution in [0, 0.1) is 5.41 Å². The van der Waals surface area contributed by atoms with Crippen molar-refractivity contribution in [2.45, 2.75) is 32.2 Å². The van der Waals surface area contributed by atoms with Gasteiger partial charge in [0.25, 0.3) is 0 Å². The average molecular weight is 319 g/mol. The van der Waals surface area contributed by atoms with Gasteiger partial charge in [0.2, 0.25) is 5.91 Å². The lowest BCUT2D eigenvalue weighted by atomic mass is 9.87. The smallest absolute Gasteiger partial charge is 0.231 e. The van der Waals surface area contributed by atoms with Crippen LogP contribution in [0.15, 0.2) is 54.9 Å². The molecule has 4 rings (SSSR count). The molecule has 1 amide bonds. The molecule has 3 aromatic rings. The predicted molar refractivity (Wildman–Crippen MR) is 94.5 cm³/mol. The molecule has 1 heterocycles. The van der Waals surface area contributed by atoms with Gasteiger partial charge in [-0.2, -0.15) is 0 Å². The number of aromatic amines is 1. The second kappa shape index (κ2) is 5.20. The Labute approximate surface area is 141 Å². The van der Waals surface area contributed by atoms with E-state index in [9.17, 15) is 4.79 Å². The number of benzene rings is 2. The van der Waals surface area contributed by atoms with Gasteiger partial charge in [-0.1, -0.05) is 50.2 Å². The molecule has 24 heavy (non-hydrogen) atoms. The number of hydrogen-bond acceptors (Lipinski definition) is 2. The van der Waals surface area contributed by atoms with Crippen LogP contribution in [0.1, 0.15) is 31.4 Å². The number of amides is 1. The Kier molecular flexibility index (Phi) is 3.23. The van der Waals surface area contributed by atoms with Gasteiger partial charge in [0, 0.05) is 6.54 Å². The third-order valence-corrected chi connectivity index (χ3v) is 5.33. The summed E-state index contributed by atoms with van der Waals surface area (Å²) >= 11 is 0. The highest BCUT2D eigenvalue weighted by Gasteiger charge is 2.66. The Bertz CT molecular complexity index is 897. The van der Waals surface area contributed by atoms with Crippen LogP contribution in [0.3, 0.4) is 0 Å². The van der Waals surface area contributed by atoms with Crippen molar-refractivity contribution < 1.29 is 4.79 Å². The summed E-state index contributed by atoms with van der Waals surface area (Å²) in [5.41, 5.74) is 3.69. The van der Waals surface area contributed by atoms with E-state index in [2.05, 4.69) is 41.3 Å². The molecule has 2 N–H and O–H groups in total. The van der Waals surface area contributed by atoms with Crippen LogP contribution in [-0.4, -0.2) is 15.9 Å². The summed E-state index contributed by atoms with van der Waals surface area (Å²) in [7, 11) is 0. The van der Waals surface area contributed by atoms with Gasteiger partial charge in [0.1, 0.15) is 0 Å². The van der Waals surface area contributed by atoms with E-state index in [0.29, 0.717) is 6.54 Å². The Morgan fingerprint density at radius 2 is 1.96 bits per heavy atom. The zero-order valence-electron chi connectivity index (χ0n) is 14.0. The number of rotatable bonds is 4. The molecule has 0 spiro atoms. The molecule has 1 fully saturated rings. The van der Waals surface area contributed by atoms with E-state index >= 15 is 0 Å². The highest BCUT2D eigenvalue weighted by Crippen LogP contribution is 2.64. The highest BCUT2D eigenvalue weighted by atomic mass is 16.2. The van der Waals surface area contributed by atoms with Crippen LogP contribution in [0.2, 0.25) is 0 Å². The summed E-state index contributed by atoms with van der Waals surface area (Å²) < 4.78 is 0. The Balaban J connectivity index is 1.54. The van der Waals surface area contributed by atoms with E-state index in [1.807, 2.05) is 36.4 Å². The number of H-pyrrole nitrogens is 1. The molecule has 0 radical (unpaired) electrons. The molecule has 0 bridgehead atoms. The maximum atomic E-state index is 13.0. The zero-order chi connectivity index (χ0) is 16.8. The highest BCUT2D eigenvalue weighted by molar-refractivity contribution is 5.93. The molecule has 4 nitrogen and oxygen atoms in total. The molecule has 122 valence electrons. The van der Waals surface area contributed by atoms with Gasteiger partial charge < -0.3 is 10.3 Å². The van der Waals surface area contributed by atoms with Gasteiger partial charge in [-0.3, -0.25) is 4.79 Å². The lowest BCUT2D eigenvalue weighted by Gasteiger charge is -2.20. The number of aromatic nitrogens is 2. The number of carbonyl (C=O) groups excluding carboxylic acids is 1. The minimum Gasteiger partial charge on any atom is -0.351 e. The average Bonchev–Trinajstić information content (AvgIpc) is 2.94. The maximum absolute atomic E-state index is 13.0. The van der Waals surface area contributed by atoms with E-state index in [4.69, 9.17) is 0 Å². The second-order valence-corrected chi connectivity index (χ2v) is 7.27. The fraction of sp³-hybridized carbons (Fsp3) is 0.300. The lowest BCUT2D eigenvalue weighted by molar-refractivity contribution is -0.124. The Morgan fingerprint density at radius 1 is 1.21 bits per heavy atom. The summed E-state index contributed by atoms with van der Waals surface area (Å²) in [6, 6.07) is 16.1. The quantitative estimate of drug-likeness (QED) is 0.772. The summed E-state index contributed by atoms with van der Waals surface area (Å²) in [5.74, 6) is 0.114. The molecule has 1 aliphatic rings. The zero-order valence-corrected chi connectivity index (χ0v) is 14.0. The molecule has 1 aliphatic carbocycles. The fourth-order valence-corrected chi connectivity index (χ4v) is 3.78. The van der Waals surface area contributed by atoms with Crippen LogP contribution in [0.5, 0.6) is 0 Å². The first-order valence-corrected chi connectivity index (χ1v) is 8.29. The van der Waals surface area contributed by atoms with Crippen LogP contribution in [0.4, 0.5) is 0 Å². The largest absolute Gasteiger partial charge is 0.351 e. The van der Waals surface area contributed by atoms with Crippen LogP contribution in [-0.2, 0) is 16.8 Å². The Hall–Kier alpha value is -2.62. The molecule has 0 aliphatic heterocycles. The second-order valence-electron chi connectivity index (χ2n) is 7.27. The first-order valence-electron chi connectivity index (χ1n) is 8.29. The van der Waals surface area contributed by atoms with Gasteiger partial charge in [-0.15, -0.1) is 0 Å². The summed E-state index contributed by atoms with van der Waals surface area (Å²) in [6.45, 7) is 4.85. The summed E-state index contributed by atoms with van der Waals surface area (Å²) in [5, 5.41) is 3.14. The van der Waals surface area contributed by atoms with E-state index in [-0.39, 0.29) is 11.3 Å². The molecule has 1 unspecified atom stereocenters. The lowest BCUT2D eigenvalue weighted by Crippen LogP contribution is -2.37. The fourth-order valence-electron chi connectivity index (χ4n) is 3.78. The number of carbonyl (C=O) groups is 1. The molecule has 1 aromatic heterocycles. The monoisotopic (exact) mass is 319 g/mol. The molecule has 2 aromatic carbocycles. The third-order valence-electron chi connectivity index (χ3n) is 5.33. The van der Waals surface area contributed by atoms with Crippen LogP contribution >= 0.6 is 0 Å². The van der Waals surface area contributed by atoms with Gasteiger partial charge in [0.15, 0.2) is 0 Å². The molecule has 0 saturated heterocycles. The van der Waals surface area contributed by atoms with Crippen molar-refractivity contribution in [3.05, 3.63) is 66.0 Å². The van der Waals surface area contributed by atoms with Gasteiger partial charge >= 0.3 is 0 Å². The molecule has 1 saturated carbocycles. The van der Waals surface area contributed by atoms with Gasteiger partial charge in [-0.25, -0.2) is 4.98 Å². The standard InChI is InChI=1S/C20H21N3O/c1-19(2)12-20(19,15-6-4-3-5-7-15)18(24)21-11-14-8-9-16-17(10-14)23-13-22-16/h3-10,13H,11-12H2,1-2H3,(H,21,24)(H,22,23). The van der Waals surface area contributed by atoms with E-state index in [0.717, 1.165) is 28.6 Å². The first kappa shape index (κ1) is 14.9. The number of nitrogens with one attached hydrogen (secondary N) is 2. The van der Waals surface area contributed by atoms with Crippen molar-refractivity contribution in [2.75, 3.05) is 0 Å². The predicted octanol–water partition coefficient (Wildman–Crippen LogP) is 3.55. The van der Waals surface area contributed by atoms with E-state index in [1.54, 1.807) is 6.33 Å². The topological polar surface area (TPSA) is 57.8 Å². The number of fused-ring (bicyclic) bond motifs is 1. The number of nitrogens with zero attached hydrogens (tertiary/aromatic N) is 1. The number of imidazole rings is 1. The van der Waals surface area contributed by atoms with Crippen molar-refractivity contribution in [1.29, 1.82) is 0 Å². The van der Waals surface area contributed by atoms with Crippen molar-refractivity contribution in [2.24, 2.45) is 5.41 Å². The minimum absolute atomic E-state index is 0.00817. The van der Waals surface area contributed by atoms with Crippen molar-refractivity contribution in [3.63, 3.8) is 0 Å². The van der Waals surface area contributed by atoms with Crippen LogP contribution < -0.4 is 5.32 Å². The molecular formula is C20H21N3O. The minimum atomic E-state index is -0.410. The van der Waals surface area contributed by atoms with Crippen molar-refractivity contribution >= 4 is 16.9 Å². The van der Waals surface area contributed by atoms with E-state index < -0.39 is 5.41 Å². The summed E-state index contributed by atoms with van der Waals surface area (Å²) in [6.07, 6.45) is 2.57. The van der Waals surface area contributed by atoms with Gasteiger partial charge in [0.05, 0.1) is 22.8 Å². The summed E-state index contributed by atoms with van der Waals surface area (Å²) in [4.78, 5) is 20.3. The normalized spacial score (nSPS) is 21.6.